The molecule has 0 saturated carbocycles. The van der Waals surface area contributed by atoms with Crippen molar-refractivity contribution in [3.05, 3.63) is 59.4 Å². The highest BCUT2D eigenvalue weighted by Gasteiger charge is 2.22. The second-order valence-corrected chi connectivity index (χ2v) is 7.11. The van der Waals surface area contributed by atoms with E-state index in [4.69, 9.17) is 9.47 Å². The number of nitrogens with one attached hydrogen (secondary N) is 1. The molecule has 5 nitrogen and oxygen atoms in total. The van der Waals surface area contributed by atoms with Crippen LogP contribution in [0.5, 0.6) is 11.5 Å². The largest absolute Gasteiger partial charge is 0.493 e. The highest BCUT2D eigenvalue weighted by molar-refractivity contribution is 5.94. The van der Waals surface area contributed by atoms with E-state index in [2.05, 4.69) is 16.3 Å². The number of rotatable bonds is 7. The Hall–Kier alpha value is -2.60. The van der Waals surface area contributed by atoms with Crippen LogP contribution in [0.25, 0.3) is 0 Å². The van der Waals surface area contributed by atoms with Crippen molar-refractivity contribution in [1.82, 2.24) is 10.2 Å². The number of amides is 1. The summed E-state index contributed by atoms with van der Waals surface area (Å²) in [6, 6.07) is 11.5. The van der Waals surface area contributed by atoms with Crippen LogP contribution < -0.4 is 14.8 Å². The van der Waals surface area contributed by atoms with Crippen molar-refractivity contribution in [2.75, 3.05) is 33.9 Å². The van der Waals surface area contributed by atoms with Crippen LogP contribution in [-0.2, 0) is 6.54 Å². The molecule has 0 aromatic heterocycles. The first kappa shape index (κ1) is 20.1. The van der Waals surface area contributed by atoms with Gasteiger partial charge in [0.2, 0.25) is 0 Å². The van der Waals surface area contributed by atoms with Gasteiger partial charge in [0.15, 0.2) is 11.5 Å². The molecular formula is C22H27FN2O3. The molecule has 1 fully saturated rings. The summed E-state index contributed by atoms with van der Waals surface area (Å²) >= 11 is 0. The van der Waals surface area contributed by atoms with Crippen LogP contribution in [0.4, 0.5) is 4.39 Å². The molecule has 0 aliphatic carbocycles. The van der Waals surface area contributed by atoms with E-state index < -0.39 is 0 Å². The molecule has 6 heteroatoms. The maximum absolute atomic E-state index is 13.0. The number of hydrogen-bond donors (Lipinski definition) is 1. The van der Waals surface area contributed by atoms with Crippen molar-refractivity contribution in [2.24, 2.45) is 5.92 Å². The molecule has 0 radical (unpaired) electrons. The van der Waals surface area contributed by atoms with Crippen molar-refractivity contribution >= 4 is 5.91 Å². The van der Waals surface area contributed by atoms with E-state index in [0.717, 1.165) is 49.5 Å². The van der Waals surface area contributed by atoms with Crippen LogP contribution in [0.15, 0.2) is 42.5 Å². The van der Waals surface area contributed by atoms with Crippen LogP contribution in [0.2, 0.25) is 0 Å². The van der Waals surface area contributed by atoms with Gasteiger partial charge in [-0.15, -0.1) is 0 Å². The summed E-state index contributed by atoms with van der Waals surface area (Å²) < 4.78 is 23.9. The monoisotopic (exact) mass is 386 g/mol. The van der Waals surface area contributed by atoms with E-state index in [-0.39, 0.29) is 11.7 Å². The molecule has 2 aromatic rings. The molecule has 3 rings (SSSR count). The molecule has 28 heavy (non-hydrogen) atoms. The van der Waals surface area contributed by atoms with Gasteiger partial charge < -0.3 is 14.8 Å². The first-order chi connectivity index (χ1) is 13.6. The lowest BCUT2D eigenvalue weighted by molar-refractivity contribution is 0.0930. The Morgan fingerprint density at radius 1 is 1.18 bits per heavy atom. The van der Waals surface area contributed by atoms with Gasteiger partial charge in [-0.2, -0.15) is 0 Å². The van der Waals surface area contributed by atoms with Crippen molar-refractivity contribution in [3.63, 3.8) is 0 Å². The molecule has 1 saturated heterocycles. The zero-order valence-corrected chi connectivity index (χ0v) is 16.4. The minimum absolute atomic E-state index is 0.161. The predicted octanol–water partition coefficient (Wildman–Crippen LogP) is 3.48. The van der Waals surface area contributed by atoms with Crippen LogP contribution in [0, 0.1) is 11.7 Å². The summed E-state index contributed by atoms with van der Waals surface area (Å²) in [5.74, 6) is 1.39. The lowest BCUT2D eigenvalue weighted by atomic mass is 9.97. The van der Waals surface area contributed by atoms with Gasteiger partial charge in [0.1, 0.15) is 5.82 Å². The number of methoxy groups -OCH3 is 2. The van der Waals surface area contributed by atoms with Gasteiger partial charge in [0.25, 0.3) is 5.91 Å². The summed E-state index contributed by atoms with van der Waals surface area (Å²) in [5, 5.41) is 2.98. The molecule has 150 valence electrons. The lowest BCUT2D eigenvalue weighted by Crippen LogP contribution is -2.40. The summed E-state index contributed by atoms with van der Waals surface area (Å²) in [6.45, 7) is 3.32. The zero-order valence-electron chi connectivity index (χ0n) is 16.4. The van der Waals surface area contributed by atoms with Crippen LogP contribution in [0.3, 0.4) is 0 Å². The van der Waals surface area contributed by atoms with Crippen molar-refractivity contribution in [2.45, 2.75) is 19.4 Å². The number of para-hydroxylation sites is 1. The van der Waals surface area contributed by atoms with Gasteiger partial charge in [0.05, 0.1) is 14.2 Å². The number of piperidine rings is 1. The summed E-state index contributed by atoms with van der Waals surface area (Å²) in [7, 11) is 3.30. The normalized spacial score (nSPS) is 17.2. The van der Waals surface area contributed by atoms with Crippen LogP contribution in [0.1, 0.15) is 28.8 Å². The molecule has 0 unspecified atom stereocenters. The lowest BCUT2D eigenvalue weighted by Gasteiger charge is -2.33. The fourth-order valence-corrected chi connectivity index (χ4v) is 3.72. The second-order valence-electron chi connectivity index (χ2n) is 7.11. The first-order valence-electron chi connectivity index (χ1n) is 9.56. The molecule has 1 aliphatic heterocycles. The third-order valence-corrected chi connectivity index (χ3v) is 5.14. The molecule has 1 heterocycles. The van der Waals surface area contributed by atoms with E-state index in [1.165, 1.54) is 24.3 Å². The number of benzene rings is 2. The number of carbonyl (C=O) groups is 1. The quantitative estimate of drug-likeness (QED) is 0.792. The Morgan fingerprint density at radius 2 is 1.96 bits per heavy atom. The van der Waals surface area contributed by atoms with Gasteiger partial charge in [0, 0.05) is 30.8 Å². The smallest absolute Gasteiger partial charge is 0.251 e. The number of halogens is 1. The topological polar surface area (TPSA) is 50.8 Å². The Bertz CT molecular complexity index is 795. The number of carbonyl (C=O) groups excluding carboxylic acids is 1. The number of ether oxygens (including phenoxy) is 2. The maximum Gasteiger partial charge on any atom is 0.251 e. The van der Waals surface area contributed by atoms with E-state index in [1.54, 1.807) is 14.2 Å². The number of nitrogens with zero attached hydrogens (tertiary/aromatic N) is 1. The maximum atomic E-state index is 13.0. The average Bonchev–Trinajstić information content (AvgIpc) is 2.72. The molecule has 0 spiro atoms. The highest BCUT2D eigenvalue weighted by Crippen LogP contribution is 2.32. The van der Waals surface area contributed by atoms with Crippen LogP contribution >= 0.6 is 0 Å². The Balaban J connectivity index is 1.56. The van der Waals surface area contributed by atoms with Crippen LogP contribution in [-0.4, -0.2) is 44.7 Å². The van der Waals surface area contributed by atoms with Gasteiger partial charge in [-0.25, -0.2) is 4.39 Å². The number of likely N-dealkylation sites (tertiary alicyclic amines) is 1. The molecule has 0 bridgehead atoms. The van der Waals surface area contributed by atoms with Crippen molar-refractivity contribution in [1.29, 1.82) is 0 Å². The number of hydrogen-bond acceptors (Lipinski definition) is 4. The Kier molecular flexibility index (Phi) is 6.87. The van der Waals surface area contributed by atoms with Gasteiger partial charge in [-0.3, -0.25) is 9.69 Å². The minimum atomic E-state index is -0.340. The van der Waals surface area contributed by atoms with Gasteiger partial charge >= 0.3 is 0 Å². The van der Waals surface area contributed by atoms with E-state index in [1.807, 2.05) is 12.1 Å². The van der Waals surface area contributed by atoms with Crippen molar-refractivity contribution < 1.29 is 18.7 Å². The second kappa shape index (κ2) is 9.55. The van der Waals surface area contributed by atoms with E-state index in [9.17, 15) is 9.18 Å². The van der Waals surface area contributed by atoms with Gasteiger partial charge in [-0.05, 0) is 55.6 Å². The molecule has 2 aromatic carbocycles. The minimum Gasteiger partial charge on any atom is -0.493 e. The fraction of sp³-hybridized carbons (Fsp3) is 0.409. The zero-order chi connectivity index (χ0) is 19.9. The summed E-state index contributed by atoms with van der Waals surface area (Å²) in [5.41, 5.74) is 1.58. The predicted molar refractivity (Wildman–Crippen MR) is 106 cm³/mol. The summed E-state index contributed by atoms with van der Waals surface area (Å²) in [4.78, 5) is 14.6. The molecule has 1 atom stereocenters. The molecular weight excluding hydrogens is 359 g/mol. The Morgan fingerprint density at radius 3 is 2.68 bits per heavy atom. The Labute approximate surface area is 165 Å². The first-order valence-corrected chi connectivity index (χ1v) is 9.56. The molecule has 1 aliphatic rings. The van der Waals surface area contributed by atoms with E-state index in [0.29, 0.717) is 18.0 Å². The standard InChI is InChI=1S/C22H27FN2O3/c1-27-20-7-3-6-18(21(20)28-2)15-25-12-4-5-16(14-25)13-24-22(26)17-8-10-19(23)11-9-17/h3,6-11,16H,4-5,12-15H2,1-2H3,(H,24,26)/t16-/m0/s1. The SMILES string of the molecule is COc1cccc(CN2CCC[C@@H](CNC(=O)c3ccc(F)cc3)C2)c1OC. The third kappa shape index (κ3) is 5.01. The van der Waals surface area contributed by atoms with Gasteiger partial charge in [-0.1, -0.05) is 12.1 Å². The molecule has 1 N–H and O–H groups in total. The third-order valence-electron chi connectivity index (χ3n) is 5.14. The fourth-order valence-electron chi connectivity index (χ4n) is 3.72. The highest BCUT2D eigenvalue weighted by atomic mass is 19.1. The van der Waals surface area contributed by atoms with Crippen molar-refractivity contribution in [3.8, 4) is 11.5 Å². The average molecular weight is 386 g/mol. The molecule has 1 amide bonds. The van der Waals surface area contributed by atoms with E-state index >= 15 is 0 Å². The summed E-state index contributed by atoms with van der Waals surface area (Å²) in [6.07, 6.45) is 2.17.